The highest BCUT2D eigenvalue weighted by Gasteiger charge is 2.03. The monoisotopic (exact) mass is 346 g/mol. The lowest BCUT2D eigenvalue weighted by molar-refractivity contribution is -0.111. The summed E-state index contributed by atoms with van der Waals surface area (Å²) in [6, 6.07) is 9.38. The summed E-state index contributed by atoms with van der Waals surface area (Å²) >= 11 is 3.34. The van der Waals surface area contributed by atoms with Crippen molar-refractivity contribution >= 4 is 33.7 Å². The minimum atomic E-state index is -0.226. The second kappa shape index (κ2) is 7.04. The third-order valence-corrected chi connectivity index (χ3v) is 3.24. The number of anilines is 1. The van der Waals surface area contributed by atoms with Crippen LogP contribution in [0.2, 0.25) is 0 Å². The molecule has 5 heteroatoms. The van der Waals surface area contributed by atoms with Crippen LogP contribution >= 0.6 is 15.9 Å². The predicted molar refractivity (Wildman–Crippen MR) is 87.3 cm³/mol. The average Bonchev–Trinajstić information content (AvgIpc) is 2.48. The molecular weight excluding hydrogens is 332 g/mol. The van der Waals surface area contributed by atoms with Crippen LogP contribution in [0.5, 0.6) is 5.75 Å². The highest BCUT2D eigenvalue weighted by molar-refractivity contribution is 9.10. The topological polar surface area (TPSA) is 51.2 Å². The van der Waals surface area contributed by atoms with E-state index in [0.29, 0.717) is 5.82 Å². The van der Waals surface area contributed by atoms with Gasteiger partial charge in [0.05, 0.1) is 7.11 Å². The Labute approximate surface area is 132 Å². The van der Waals surface area contributed by atoms with Gasteiger partial charge < -0.3 is 10.1 Å². The summed E-state index contributed by atoms with van der Waals surface area (Å²) in [6.07, 6.45) is 4.85. The maximum Gasteiger partial charge on any atom is 0.249 e. The van der Waals surface area contributed by atoms with Gasteiger partial charge in [-0.3, -0.25) is 4.79 Å². The van der Waals surface area contributed by atoms with Crippen LogP contribution in [-0.4, -0.2) is 18.0 Å². The van der Waals surface area contributed by atoms with E-state index in [1.165, 1.54) is 6.08 Å². The summed E-state index contributed by atoms with van der Waals surface area (Å²) < 4.78 is 6.01. The van der Waals surface area contributed by atoms with E-state index < -0.39 is 0 Å². The molecule has 0 saturated carbocycles. The Morgan fingerprint density at radius 2 is 2.19 bits per heavy atom. The first-order valence-electron chi connectivity index (χ1n) is 6.34. The molecule has 0 aliphatic heterocycles. The molecule has 1 N–H and O–H groups in total. The summed E-state index contributed by atoms with van der Waals surface area (Å²) in [5.41, 5.74) is 1.79. The maximum atomic E-state index is 11.9. The van der Waals surface area contributed by atoms with E-state index in [9.17, 15) is 4.79 Å². The number of aryl methyl sites for hydroxylation is 1. The van der Waals surface area contributed by atoms with Crippen molar-refractivity contribution in [1.82, 2.24) is 4.98 Å². The molecule has 0 radical (unpaired) electrons. The Bertz CT molecular complexity index is 684. The number of nitrogens with one attached hydrogen (secondary N) is 1. The first kappa shape index (κ1) is 15.3. The largest absolute Gasteiger partial charge is 0.497 e. The number of carbonyl (C=O) groups excluding carboxylic acids is 1. The quantitative estimate of drug-likeness (QED) is 0.856. The molecule has 0 unspecified atom stereocenters. The number of ether oxygens (including phenoxy) is 1. The number of halogens is 1. The zero-order chi connectivity index (χ0) is 15.2. The molecule has 4 nitrogen and oxygen atoms in total. The standard InChI is InChI=1S/C16H15BrN2O2/c1-11-8-13(17)10-18-16(11)19-15(20)7-6-12-4-3-5-14(9-12)21-2/h3-10H,1-2H3,(H,18,19,20)/b7-6+. The molecule has 0 aliphatic rings. The molecule has 0 saturated heterocycles. The lowest BCUT2D eigenvalue weighted by atomic mass is 10.2. The smallest absolute Gasteiger partial charge is 0.249 e. The van der Waals surface area contributed by atoms with Crippen molar-refractivity contribution < 1.29 is 9.53 Å². The Morgan fingerprint density at radius 3 is 2.90 bits per heavy atom. The van der Waals surface area contributed by atoms with Gasteiger partial charge in [0, 0.05) is 16.7 Å². The zero-order valence-electron chi connectivity index (χ0n) is 11.8. The minimum Gasteiger partial charge on any atom is -0.497 e. The SMILES string of the molecule is COc1cccc(/C=C/C(=O)Nc2ncc(Br)cc2C)c1. The van der Waals surface area contributed by atoms with Crippen molar-refractivity contribution in [3.05, 3.63) is 58.2 Å². The van der Waals surface area contributed by atoms with Crippen LogP contribution in [-0.2, 0) is 4.79 Å². The number of methoxy groups -OCH3 is 1. The Balaban J connectivity index is 2.05. The highest BCUT2D eigenvalue weighted by atomic mass is 79.9. The van der Waals surface area contributed by atoms with Crippen LogP contribution in [0.15, 0.2) is 47.1 Å². The first-order chi connectivity index (χ1) is 10.1. The third-order valence-electron chi connectivity index (χ3n) is 2.81. The summed E-state index contributed by atoms with van der Waals surface area (Å²) in [5.74, 6) is 1.08. The molecule has 1 aromatic heterocycles. The van der Waals surface area contributed by atoms with E-state index in [2.05, 4.69) is 26.2 Å². The maximum absolute atomic E-state index is 11.9. The van der Waals surface area contributed by atoms with E-state index in [-0.39, 0.29) is 5.91 Å². The van der Waals surface area contributed by atoms with Crippen molar-refractivity contribution in [3.8, 4) is 5.75 Å². The molecule has 0 bridgehead atoms. The molecule has 1 amide bonds. The number of pyridine rings is 1. The van der Waals surface area contributed by atoms with Gasteiger partial charge in [-0.2, -0.15) is 0 Å². The molecule has 2 aromatic rings. The van der Waals surface area contributed by atoms with Crippen molar-refractivity contribution in [3.63, 3.8) is 0 Å². The molecule has 0 atom stereocenters. The summed E-state index contributed by atoms with van der Waals surface area (Å²) in [6.45, 7) is 1.89. The second-order valence-corrected chi connectivity index (χ2v) is 5.33. The second-order valence-electron chi connectivity index (χ2n) is 4.42. The van der Waals surface area contributed by atoms with E-state index in [1.54, 1.807) is 19.4 Å². The van der Waals surface area contributed by atoms with Gasteiger partial charge in [0.1, 0.15) is 11.6 Å². The number of hydrogen-bond donors (Lipinski definition) is 1. The fraction of sp³-hybridized carbons (Fsp3) is 0.125. The first-order valence-corrected chi connectivity index (χ1v) is 7.13. The number of nitrogens with zero attached hydrogens (tertiary/aromatic N) is 1. The number of rotatable bonds is 4. The molecule has 1 aromatic carbocycles. The van der Waals surface area contributed by atoms with Crippen LogP contribution in [0, 0.1) is 6.92 Å². The summed E-state index contributed by atoms with van der Waals surface area (Å²) in [5, 5.41) is 2.75. The van der Waals surface area contributed by atoms with Crippen molar-refractivity contribution in [2.75, 3.05) is 12.4 Å². The van der Waals surface area contributed by atoms with E-state index in [0.717, 1.165) is 21.3 Å². The van der Waals surface area contributed by atoms with Gasteiger partial charge in [-0.15, -0.1) is 0 Å². The predicted octanol–water partition coefficient (Wildman–Crippen LogP) is 3.81. The van der Waals surface area contributed by atoms with Gasteiger partial charge in [0.15, 0.2) is 0 Å². The Kier molecular flexibility index (Phi) is 5.11. The minimum absolute atomic E-state index is 0.226. The lowest BCUT2D eigenvalue weighted by Crippen LogP contribution is -2.10. The van der Waals surface area contributed by atoms with Gasteiger partial charge >= 0.3 is 0 Å². The van der Waals surface area contributed by atoms with Gasteiger partial charge in [-0.05, 0) is 58.3 Å². The van der Waals surface area contributed by atoms with E-state index >= 15 is 0 Å². The molecule has 0 aliphatic carbocycles. The van der Waals surface area contributed by atoms with E-state index in [4.69, 9.17) is 4.74 Å². The molecule has 2 rings (SSSR count). The van der Waals surface area contributed by atoms with Gasteiger partial charge in [0.25, 0.3) is 0 Å². The van der Waals surface area contributed by atoms with Crippen LogP contribution in [0.3, 0.4) is 0 Å². The fourth-order valence-corrected chi connectivity index (χ4v) is 2.19. The van der Waals surface area contributed by atoms with Crippen LogP contribution in [0.4, 0.5) is 5.82 Å². The molecule has 1 heterocycles. The Hall–Kier alpha value is -2.14. The van der Waals surface area contributed by atoms with Gasteiger partial charge in [-0.1, -0.05) is 12.1 Å². The van der Waals surface area contributed by atoms with Crippen molar-refractivity contribution in [1.29, 1.82) is 0 Å². The van der Waals surface area contributed by atoms with Crippen LogP contribution in [0.1, 0.15) is 11.1 Å². The number of aromatic nitrogens is 1. The third kappa shape index (κ3) is 4.43. The van der Waals surface area contributed by atoms with Gasteiger partial charge in [-0.25, -0.2) is 4.98 Å². The van der Waals surface area contributed by atoms with Crippen molar-refractivity contribution in [2.24, 2.45) is 0 Å². The van der Waals surface area contributed by atoms with Crippen LogP contribution < -0.4 is 10.1 Å². The Morgan fingerprint density at radius 1 is 1.38 bits per heavy atom. The number of amides is 1. The highest BCUT2D eigenvalue weighted by Crippen LogP contribution is 2.17. The fourth-order valence-electron chi connectivity index (χ4n) is 1.75. The average molecular weight is 347 g/mol. The number of benzene rings is 1. The van der Waals surface area contributed by atoms with Crippen molar-refractivity contribution in [2.45, 2.75) is 6.92 Å². The lowest BCUT2D eigenvalue weighted by Gasteiger charge is -2.05. The molecule has 0 fully saturated rings. The zero-order valence-corrected chi connectivity index (χ0v) is 13.3. The van der Waals surface area contributed by atoms with Crippen LogP contribution in [0.25, 0.3) is 6.08 Å². The van der Waals surface area contributed by atoms with Gasteiger partial charge in [0.2, 0.25) is 5.91 Å². The van der Waals surface area contributed by atoms with E-state index in [1.807, 2.05) is 37.3 Å². The molecule has 108 valence electrons. The number of hydrogen-bond acceptors (Lipinski definition) is 3. The summed E-state index contributed by atoms with van der Waals surface area (Å²) in [4.78, 5) is 16.1. The number of carbonyl (C=O) groups is 1. The summed E-state index contributed by atoms with van der Waals surface area (Å²) in [7, 11) is 1.61. The normalized spacial score (nSPS) is 10.6. The molecular formula is C16H15BrN2O2. The molecule has 0 spiro atoms. The molecule has 21 heavy (non-hydrogen) atoms.